The number of rotatable bonds is 3. The Morgan fingerprint density at radius 3 is 2.55 bits per heavy atom. The van der Waals surface area contributed by atoms with E-state index in [1.54, 1.807) is 4.98 Å². The fraction of sp³-hybridized carbons (Fsp3) is 0.556. The van der Waals surface area contributed by atoms with E-state index in [2.05, 4.69) is 0 Å². The number of H-pyrrole nitrogens is 1. The van der Waals surface area contributed by atoms with E-state index >= 15 is 0 Å². The van der Waals surface area contributed by atoms with Crippen molar-refractivity contribution in [2.45, 2.75) is 22.8 Å². The summed E-state index contributed by atoms with van der Waals surface area (Å²) in [6.07, 6.45) is -1.97. The van der Waals surface area contributed by atoms with Crippen molar-refractivity contribution in [3.05, 3.63) is 37.1 Å². The number of nitrogens with one attached hydrogen (secondary N) is 1. The van der Waals surface area contributed by atoms with Crippen molar-refractivity contribution in [2.24, 2.45) is 0 Å². The van der Waals surface area contributed by atoms with Crippen LogP contribution in [0.15, 0.2) is 15.8 Å². The Labute approximate surface area is 114 Å². The summed E-state index contributed by atoms with van der Waals surface area (Å²) in [5.74, 6) is 0. The maximum absolute atomic E-state index is 11.7. The summed E-state index contributed by atoms with van der Waals surface area (Å²) < 4.78 is 0.772. The van der Waals surface area contributed by atoms with Crippen LogP contribution in [0.2, 0.25) is 0 Å². The summed E-state index contributed by atoms with van der Waals surface area (Å²) in [6, 6.07) is 0. The van der Waals surface area contributed by atoms with Crippen LogP contribution >= 0.6 is 11.8 Å². The van der Waals surface area contributed by atoms with Gasteiger partial charge in [0.25, 0.3) is 0 Å². The predicted octanol–water partition coefficient (Wildman–Crippen LogP) is -2.23. The van der Waals surface area contributed by atoms with Gasteiger partial charge < -0.3 is 15.3 Å². The van der Waals surface area contributed by atoms with Crippen LogP contribution in [0.25, 0.3) is 0 Å². The Bertz CT molecular complexity index is 641. The summed E-state index contributed by atoms with van der Waals surface area (Å²) in [6.45, 7) is -0.431. The zero-order valence-electron chi connectivity index (χ0n) is 9.87. The van der Waals surface area contributed by atoms with Crippen molar-refractivity contribution < 1.29 is 20.2 Å². The summed E-state index contributed by atoms with van der Waals surface area (Å²) >= 11 is 0.889. The molecule has 20 heavy (non-hydrogen) atoms. The summed E-state index contributed by atoms with van der Waals surface area (Å²) in [7, 11) is 0. The number of aromatic nitrogens is 2. The summed E-state index contributed by atoms with van der Waals surface area (Å²) in [5.41, 5.74) is -2.93. The lowest BCUT2D eigenvalue weighted by molar-refractivity contribution is -0.386. The van der Waals surface area contributed by atoms with Crippen LogP contribution in [-0.2, 0) is 0 Å². The first-order valence-electron chi connectivity index (χ1n) is 5.49. The highest BCUT2D eigenvalue weighted by Gasteiger charge is 2.43. The molecular weight excluding hydrogens is 294 g/mol. The van der Waals surface area contributed by atoms with Gasteiger partial charge >= 0.3 is 16.9 Å². The summed E-state index contributed by atoms with van der Waals surface area (Å²) in [4.78, 5) is 34.4. The first-order valence-corrected chi connectivity index (χ1v) is 6.43. The van der Waals surface area contributed by atoms with Gasteiger partial charge in [-0.2, -0.15) is 0 Å². The van der Waals surface area contributed by atoms with Crippen molar-refractivity contribution in [2.75, 3.05) is 6.61 Å². The number of thioether (sulfide) groups is 1. The van der Waals surface area contributed by atoms with E-state index < -0.39 is 51.3 Å². The zero-order chi connectivity index (χ0) is 15.0. The van der Waals surface area contributed by atoms with Crippen LogP contribution in [0.5, 0.6) is 0 Å². The lowest BCUT2D eigenvalue weighted by atomic mass is 10.1. The molecule has 1 fully saturated rings. The second-order valence-electron chi connectivity index (χ2n) is 4.17. The van der Waals surface area contributed by atoms with Crippen LogP contribution in [0.4, 0.5) is 5.69 Å². The number of aromatic amines is 1. The van der Waals surface area contributed by atoms with Crippen LogP contribution in [0, 0.1) is 10.1 Å². The van der Waals surface area contributed by atoms with E-state index in [1.165, 1.54) is 0 Å². The largest absolute Gasteiger partial charge is 0.395 e. The Kier molecular flexibility index (Phi) is 3.94. The monoisotopic (exact) mass is 305 g/mol. The third kappa shape index (κ3) is 2.35. The topological polar surface area (TPSA) is 159 Å². The van der Waals surface area contributed by atoms with E-state index in [0.717, 1.165) is 16.3 Å². The van der Waals surface area contributed by atoms with Crippen LogP contribution in [0.3, 0.4) is 0 Å². The predicted molar refractivity (Wildman–Crippen MR) is 67.5 cm³/mol. The average molecular weight is 305 g/mol. The molecule has 2 heterocycles. The SMILES string of the molecule is O=c1[nH]c(=O)n([C@H]2S[C@@H](CO)[C@@H](O)[C@H]2O)cc1[N+](=O)[O-]. The molecule has 0 saturated carbocycles. The highest BCUT2D eigenvalue weighted by molar-refractivity contribution is 8.00. The highest BCUT2D eigenvalue weighted by Crippen LogP contribution is 2.40. The van der Waals surface area contributed by atoms with Gasteiger partial charge in [0, 0.05) is 0 Å². The molecule has 0 aliphatic carbocycles. The van der Waals surface area contributed by atoms with E-state index in [1.807, 2.05) is 0 Å². The van der Waals surface area contributed by atoms with Gasteiger partial charge in [-0.1, -0.05) is 0 Å². The molecule has 1 aromatic heterocycles. The van der Waals surface area contributed by atoms with Crippen LogP contribution < -0.4 is 11.2 Å². The van der Waals surface area contributed by atoms with Crippen LogP contribution in [0.1, 0.15) is 5.37 Å². The molecule has 4 atom stereocenters. The number of aliphatic hydroxyl groups is 3. The van der Waals surface area contributed by atoms with Gasteiger partial charge in [-0.15, -0.1) is 11.8 Å². The second-order valence-corrected chi connectivity index (χ2v) is 5.53. The molecule has 0 bridgehead atoms. The smallest absolute Gasteiger partial charge is 0.350 e. The first-order chi connectivity index (χ1) is 9.36. The molecule has 1 aromatic rings. The maximum Gasteiger partial charge on any atom is 0.350 e. The molecule has 1 aliphatic heterocycles. The number of hydrogen-bond acceptors (Lipinski definition) is 8. The minimum Gasteiger partial charge on any atom is -0.395 e. The third-order valence-corrected chi connectivity index (χ3v) is 4.50. The fourth-order valence-electron chi connectivity index (χ4n) is 1.90. The molecule has 0 amide bonds. The molecule has 0 unspecified atom stereocenters. The van der Waals surface area contributed by atoms with Gasteiger partial charge in [0.15, 0.2) is 0 Å². The lowest BCUT2D eigenvalue weighted by Crippen LogP contribution is -2.38. The van der Waals surface area contributed by atoms with E-state index in [9.17, 15) is 29.9 Å². The van der Waals surface area contributed by atoms with Crippen LogP contribution in [-0.4, -0.2) is 53.9 Å². The number of hydrogen-bond donors (Lipinski definition) is 4. The van der Waals surface area contributed by atoms with Gasteiger partial charge in [-0.05, 0) is 0 Å². The van der Waals surface area contributed by atoms with E-state index in [0.29, 0.717) is 6.20 Å². The number of nitrogens with zero attached hydrogens (tertiary/aromatic N) is 2. The molecule has 4 N–H and O–H groups in total. The molecule has 2 rings (SSSR count). The Balaban J connectivity index is 2.48. The van der Waals surface area contributed by atoms with Crippen molar-refractivity contribution in [1.29, 1.82) is 0 Å². The molecule has 1 aliphatic rings. The molecule has 110 valence electrons. The molecule has 0 spiro atoms. The van der Waals surface area contributed by atoms with Gasteiger partial charge in [0.1, 0.15) is 11.5 Å². The minimum atomic E-state index is -1.40. The molecule has 0 aromatic carbocycles. The first kappa shape index (κ1) is 14.7. The summed E-state index contributed by atoms with van der Waals surface area (Å²) in [5, 5.41) is 37.4. The standard InChI is InChI=1S/C9H11N3O7S/c13-2-4-5(14)6(15)8(20-4)11-1-3(12(18)19)7(16)10-9(11)17/h1,4-6,8,13-15H,2H2,(H,10,16,17)/t4-,5+,6+,8-/m0/s1. The fourth-order valence-corrected chi connectivity index (χ4v) is 3.28. The van der Waals surface area contributed by atoms with Crippen molar-refractivity contribution >= 4 is 17.4 Å². The Morgan fingerprint density at radius 1 is 1.40 bits per heavy atom. The number of aliphatic hydroxyl groups excluding tert-OH is 3. The Hall–Kier alpha value is -1.69. The normalized spacial score (nSPS) is 29.6. The zero-order valence-corrected chi connectivity index (χ0v) is 10.7. The second kappa shape index (κ2) is 5.36. The highest BCUT2D eigenvalue weighted by atomic mass is 32.2. The van der Waals surface area contributed by atoms with Crippen molar-refractivity contribution in [1.82, 2.24) is 9.55 Å². The molecule has 0 radical (unpaired) electrons. The minimum absolute atomic E-state index is 0.431. The van der Waals surface area contributed by atoms with Gasteiger partial charge in [-0.25, -0.2) is 4.79 Å². The molecular formula is C9H11N3O7S. The van der Waals surface area contributed by atoms with E-state index in [4.69, 9.17) is 5.11 Å². The maximum atomic E-state index is 11.7. The Morgan fingerprint density at radius 2 is 2.05 bits per heavy atom. The third-order valence-electron chi connectivity index (χ3n) is 2.94. The molecule has 10 nitrogen and oxygen atoms in total. The average Bonchev–Trinajstić information content (AvgIpc) is 2.66. The lowest BCUT2D eigenvalue weighted by Gasteiger charge is -2.17. The van der Waals surface area contributed by atoms with E-state index in [-0.39, 0.29) is 0 Å². The molecule has 11 heteroatoms. The van der Waals surface area contributed by atoms with Gasteiger partial charge in [-0.3, -0.25) is 24.5 Å². The molecule has 1 saturated heterocycles. The van der Waals surface area contributed by atoms with Crippen molar-refractivity contribution in [3.63, 3.8) is 0 Å². The quantitative estimate of drug-likeness (QED) is 0.361. The van der Waals surface area contributed by atoms with Gasteiger partial charge in [0.2, 0.25) is 0 Å². The van der Waals surface area contributed by atoms with Crippen molar-refractivity contribution in [3.8, 4) is 0 Å². The number of nitro groups is 1. The van der Waals surface area contributed by atoms with Gasteiger partial charge in [0.05, 0.1) is 29.1 Å².